The van der Waals surface area contributed by atoms with E-state index in [9.17, 15) is 13.2 Å². The highest BCUT2D eigenvalue weighted by Crippen LogP contribution is 2.32. The van der Waals surface area contributed by atoms with Crippen molar-refractivity contribution in [2.45, 2.75) is 19.0 Å². The van der Waals surface area contributed by atoms with Crippen molar-refractivity contribution < 1.29 is 20.7 Å². The molecule has 3 aromatic heterocycles. The molecular weight excluding hydrogens is 436 g/mol. The Morgan fingerprint density at radius 2 is 1.66 bits per heavy atom. The van der Waals surface area contributed by atoms with Crippen LogP contribution >= 0.6 is 0 Å². The highest BCUT2D eigenvalue weighted by molar-refractivity contribution is 6.20. The summed E-state index contributed by atoms with van der Waals surface area (Å²) in [6, 6.07) is 20.4. The second kappa shape index (κ2) is 9.42. The molecule has 0 amide bonds. The minimum atomic E-state index is -4.63. The molecule has 0 aliphatic carbocycles. The maximum absolute atomic E-state index is 13.3. The molecule has 0 aliphatic heterocycles. The van der Waals surface area contributed by atoms with Crippen LogP contribution in [-0.4, -0.2) is 35.6 Å². The first-order valence-electron chi connectivity index (χ1n) is 9.67. The van der Waals surface area contributed by atoms with E-state index < -0.39 is 27.8 Å². The van der Waals surface area contributed by atoms with Gasteiger partial charge in [-0.05, 0) is 36.4 Å². The summed E-state index contributed by atoms with van der Waals surface area (Å²) in [4.78, 5) is 8.85. The predicted octanol–water partition coefficient (Wildman–Crippen LogP) is 4.82. The molecule has 1 unspecified atom stereocenters. The summed E-state index contributed by atoms with van der Waals surface area (Å²) >= 11 is -1.12. The molecule has 0 aliphatic rings. The first kappa shape index (κ1) is 21.9. The average Bonchev–Trinajstić information content (AvgIpc) is 3.25. The molecule has 32 heavy (non-hydrogen) atoms. The molecule has 0 bridgehead atoms. The lowest BCUT2D eigenvalue weighted by Crippen LogP contribution is -2.14. The van der Waals surface area contributed by atoms with Gasteiger partial charge in [0.15, 0.2) is 17.4 Å². The Morgan fingerprint density at radius 1 is 0.906 bits per heavy atom. The zero-order valence-corrected chi connectivity index (χ0v) is 18.1. The Balaban J connectivity index is 1.62. The monoisotopic (exact) mass is 453 g/mol. The van der Waals surface area contributed by atoms with Crippen LogP contribution in [-0.2, 0) is 6.18 Å². The number of nitrogens with zero attached hydrogens (tertiary/aromatic N) is 4. The van der Waals surface area contributed by atoms with Crippen LogP contribution in [0.5, 0.6) is 11.6 Å². The van der Waals surface area contributed by atoms with Gasteiger partial charge in [0.2, 0.25) is 0 Å². The van der Waals surface area contributed by atoms with Crippen molar-refractivity contribution in [3.8, 4) is 17.4 Å². The van der Waals surface area contributed by atoms with E-state index in [4.69, 9.17) is 7.58 Å². The molecule has 0 fully saturated rings. The van der Waals surface area contributed by atoms with Crippen molar-refractivity contribution in [1.82, 2.24) is 19.7 Å². The van der Waals surface area contributed by atoms with Gasteiger partial charge in [0, 0.05) is 23.9 Å². The van der Waals surface area contributed by atoms with Crippen molar-refractivity contribution in [2.75, 3.05) is 0 Å². The van der Waals surface area contributed by atoms with Crippen molar-refractivity contribution in [3.05, 3.63) is 96.1 Å². The molecule has 6 nitrogen and oxygen atoms in total. The van der Waals surface area contributed by atoms with E-state index in [-0.39, 0.29) is 17.6 Å². The summed E-state index contributed by atoms with van der Waals surface area (Å²) in [7, 11) is 0. The number of para-hydroxylation sites is 1. The summed E-state index contributed by atoms with van der Waals surface area (Å²) in [6.07, 6.45) is -2.95. The lowest BCUT2D eigenvalue weighted by Gasteiger charge is -2.13. The number of pyridine rings is 2. The van der Waals surface area contributed by atoms with Gasteiger partial charge in [-0.3, -0.25) is 4.98 Å². The van der Waals surface area contributed by atoms with Gasteiger partial charge in [-0.2, -0.15) is 23.0 Å². The molecule has 0 saturated heterocycles. The molecule has 0 spiro atoms. The molecule has 4 rings (SSSR count). The molecule has 0 saturated carbocycles. The van der Waals surface area contributed by atoms with Crippen LogP contribution in [0.25, 0.3) is 5.82 Å². The zero-order chi connectivity index (χ0) is 22.6. The maximum Gasteiger partial charge on any atom is 0.882 e. The van der Waals surface area contributed by atoms with Gasteiger partial charge in [-0.15, -0.1) is 0 Å². The zero-order valence-electron chi connectivity index (χ0n) is 16.9. The molecule has 0 N–H and O–H groups in total. The van der Waals surface area contributed by atoms with Crippen molar-refractivity contribution in [1.29, 1.82) is 0 Å². The number of rotatable bonds is 7. The van der Waals surface area contributed by atoms with Crippen LogP contribution in [0.15, 0.2) is 79.0 Å². The smallest absolute Gasteiger partial charge is 0.616 e. The molecule has 10 heteroatoms. The normalized spacial score (nSPS) is 12.2. The summed E-state index contributed by atoms with van der Waals surface area (Å²) < 4.78 is 52.1. The van der Waals surface area contributed by atoms with Gasteiger partial charge in [0.1, 0.15) is 0 Å². The van der Waals surface area contributed by atoms with Gasteiger partial charge in [-0.1, -0.05) is 37.3 Å². The van der Waals surface area contributed by atoms with Crippen molar-refractivity contribution in [3.63, 3.8) is 0 Å². The van der Waals surface area contributed by atoms with Crippen LogP contribution in [0.2, 0.25) is 0 Å². The second-order valence-corrected chi connectivity index (χ2v) is 7.48. The Labute approximate surface area is 189 Å². The van der Waals surface area contributed by atoms with Crippen LogP contribution in [0, 0.1) is 0 Å². The van der Waals surface area contributed by atoms with E-state index >= 15 is 0 Å². The molecule has 4 aromatic rings. The number of hydrogen-bond donors (Lipinski definition) is 0. The average molecular weight is 453 g/mol. The van der Waals surface area contributed by atoms with Crippen LogP contribution in [0.4, 0.5) is 13.2 Å². The molecule has 3 heterocycles. The third-order valence-corrected chi connectivity index (χ3v) is 5.32. The fourth-order valence-corrected chi connectivity index (χ4v) is 3.54. The Morgan fingerprint density at radius 3 is 2.38 bits per heavy atom. The van der Waals surface area contributed by atoms with Crippen LogP contribution in [0.1, 0.15) is 29.9 Å². The first-order valence-corrected chi connectivity index (χ1v) is 10.6. The van der Waals surface area contributed by atoms with E-state index in [0.29, 0.717) is 11.4 Å². The second-order valence-electron chi connectivity index (χ2n) is 6.82. The minimum Gasteiger partial charge on any atom is -0.616 e. The largest absolute Gasteiger partial charge is 0.882 e. The lowest BCUT2D eigenvalue weighted by atomic mass is 10.0. The Kier molecular flexibility index (Phi) is 6.44. The Hall–Kier alpha value is -3.35. The van der Waals surface area contributed by atoms with E-state index in [1.165, 1.54) is 0 Å². The highest BCUT2D eigenvalue weighted by Gasteiger charge is 2.36. The molecule has 1 atom stereocenters. The first-order chi connectivity index (χ1) is 15.4. The summed E-state index contributed by atoms with van der Waals surface area (Å²) in [6.45, 7) is 1.92. The topological polar surface area (TPSA) is 62.1 Å². The number of hydrogen-bond acceptors (Lipinski definition) is 5. The van der Waals surface area contributed by atoms with Gasteiger partial charge < -0.3 is 7.58 Å². The number of benzene rings is 1. The van der Waals surface area contributed by atoms with Gasteiger partial charge in [0.25, 0.3) is 0 Å². The van der Waals surface area contributed by atoms with E-state index in [1.807, 2.05) is 31.2 Å². The van der Waals surface area contributed by atoms with Gasteiger partial charge >= 0.3 is 22.1 Å². The van der Waals surface area contributed by atoms with E-state index in [1.54, 1.807) is 48.7 Å². The highest BCUT2D eigenvalue weighted by atomic mass is 27.2. The fraction of sp³-hybridized carbons (Fsp3) is 0.136. The molecule has 1 aromatic carbocycles. The van der Waals surface area contributed by atoms with Crippen molar-refractivity contribution in [2.24, 2.45) is 0 Å². The van der Waals surface area contributed by atoms with Crippen LogP contribution < -0.4 is 7.58 Å². The van der Waals surface area contributed by atoms with E-state index in [0.717, 1.165) is 16.4 Å². The quantitative estimate of drug-likeness (QED) is 0.376. The SMILES string of the molecule is CC(c1ccccn1)c1cccc(-n2nc(C(F)(F)F)cc2[O][Al][O]c2ccccc2)n1. The third kappa shape index (κ3) is 5.10. The molecule has 1 radical (unpaired) electrons. The van der Waals surface area contributed by atoms with Crippen molar-refractivity contribution >= 4 is 15.9 Å². The Bertz CT molecular complexity index is 1170. The van der Waals surface area contributed by atoms with Gasteiger partial charge in [0.05, 0.1) is 11.4 Å². The third-order valence-electron chi connectivity index (χ3n) is 4.61. The molecular formula is C22H17AlF3N4O2. The number of alkyl halides is 3. The predicted molar refractivity (Wildman–Crippen MR) is 112 cm³/mol. The fourth-order valence-electron chi connectivity index (χ4n) is 2.96. The lowest BCUT2D eigenvalue weighted by molar-refractivity contribution is -0.141. The summed E-state index contributed by atoms with van der Waals surface area (Å²) in [5.74, 6) is 0.507. The summed E-state index contributed by atoms with van der Waals surface area (Å²) in [5, 5.41) is 3.70. The minimum absolute atomic E-state index is 0.0987. The van der Waals surface area contributed by atoms with Crippen LogP contribution in [0.3, 0.4) is 0 Å². The molecule has 161 valence electrons. The maximum atomic E-state index is 13.3. The standard InChI is InChI=1S/C16H13F3N4O.C6H6O.Al/c1-10(11-5-2-3-8-20-11)12-6-4-7-14(21-12)23-15(24)9-13(22-23)16(17,18)19;7-6-4-2-1-3-5-6;/h2-10,24H,1H3;1-5,7H;/q;;+2/p-2. The van der Waals surface area contributed by atoms with E-state index in [2.05, 4.69) is 15.1 Å². The van der Waals surface area contributed by atoms with Gasteiger partial charge in [-0.25, -0.2) is 4.98 Å². The number of halogens is 3. The number of aromatic nitrogens is 4. The summed E-state index contributed by atoms with van der Waals surface area (Å²) in [5.41, 5.74) is 0.367.